The van der Waals surface area contributed by atoms with Crippen LogP contribution >= 0.6 is 0 Å². The van der Waals surface area contributed by atoms with Crippen LogP contribution < -0.4 is 14.8 Å². The van der Waals surface area contributed by atoms with Gasteiger partial charge in [-0.3, -0.25) is 0 Å². The van der Waals surface area contributed by atoms with Crippen molar-refractivity contribution in [1.29, 1.82) is 0 Å². The molecule has 2 aromatic rings. The van der Waals surface area contributed by atoms with Crippen molar-refractivity contribution in [2.75, 3.05) is 51.8 Å². The lowest BCUT2D eigenvalue weighted by Crippen LogP contribution is -2.36. The summed E-state index contributed by atoms with van der Waals surface area (Å²) in [7, 11) is 1.59. The molecule has 0 aliphatic carbocycles. The monoisotopic (exact) mass is 425 g/mol. The molecular weight excluding hydrogens is 394 g/mol. The number of para-hydroxylation sites is 2. The molecule has 7 heteroatoms. The van der Waals surface area contributed by atoms with Crippen molar-refractivity contribution in [2.24, 2.45) is 0 Å². The fourth-order valence-electron chi connectivity index (χ4n) is 4.04. The van der Waals surface area contributed by atoms with Crippen molar-refractivity contribution >= 4 is 11.7 Å². The van der Waals surface area contributed by atoms with Gasteiger partial charge in [0.2, 0.25) is 0 Å². The highest BCUT2D eigenvalue weighted by molar-refractivity contribution is 5.91. The highest BCUT2D eigenvalue weighted by Gasteiger charge is 2.21. The number of urea groups is 1. The van der Waals surface area contributed by atoms with Crippen LogP contribution in [0.4, 0.5) is 10.5 Å². The van der Waals surface area contributed by atoms with Crippen LogP contribution in [0.25, 0.3) is 0 Å². The van der Waals surface area contributed by atoms with Gasteiger partial charge < -0.3 is 29.3 Å². The smallest absolute Gasteiger partial charge is 0.322 e. The van der Waals surface area contributed by atoms with E-state index >= 15 is 0 Å². The molecule has 2 aromatic carbocycles. The van der Waals surface area contributed by atoms with Crippen LogP contribution in [-0.2, 0) is 17.9 Å². The molecule has 0 spiro atoms. The van der Waals surface area contributed by atoms with Gasteiger partial charge in [-0.25, -0.2) is 4.79 Å². The first-order valence-corrected chi connectivity index (χ1v) is 11.0. The Bertz CT molecular complexity index is 883. The minimum Gasteiger partial charge on any atom is -0.495 e. The van der Waals surface area contributed by atoms with Crippen molar-refractivity contribution in [1.82, 2.24) is 9.80 Å². The van der Waals surface area contributed by atoms with Gasteiger partial charge in [0, 0.05) is 12.1 Å². The summed E-state index contributed by atoms with van der Waals surface area (Å²) in [5.74, 6) is 1.46. The molecule has 0 bridgehead atoms. The number of amides is 2. The topological polar surface area (TPSA) is 63.3 Å². The number of nitrogens with one attached hydrogen (secondary N) is 1. The van der Waals surface area contributed by atoms with Crippen LogP contribution in [0.5, 0.6) is 11.5 Å². The van der Waals surface area contributed by atoms with E-state index in [2.05, 4.69) is 16.3 Å². The predicted octanol–water partition coefficient (Wildman–Crippen LogP) is 3.73. The second-order valence-electron chi connectivity index (χ2n) is 7.94. The Balaban J connectivity index is 1.35. The van der Waals surface area contributed by atoms with E-state index in [0.717, 1.165) is 30.0 Å². The average Bonchev–Trinajstić information content (AvgIpc) is 3.22. The van der Waals surface area contributed by atoms with Gasteiger partial charge in [-0.05, 0) is 55.8 Å². The summed E-state index contributed by atoms with van der Waals surface area (Å²) in [6.45, 7) is 6.12. The van der Waals surface area contributed by atoms with Gasteiger partial charge in [-0.2, -0.15) is 0 Å². The fourth-order valence-corrected chi connectivity index (χ4v) is 4.04. The molecule has 31 heavy (non-hydrogen) atoms. The number of rotatable bonds is 7. The maximum Gasteiger partial charge on any atom is 0.322 e. The van der Waals surface area contributed by atoms with Crippen molar-refractivity contribution in [3.05, 3.63) is 53.6 Å². The maximum atomic E-state index is 12.9. The molecule has 4 rings (SSSR count). The number of hydrogen-bond acceptors (Lipinski definition) is 5. The molecule has 1 N–H and O–H groups in total. The first kappa shape index (κ1) is 21.5. The summed E-state index contributed by atoms with van der Waals surface area (Å²) in [6, 6.07) is 13.3. The first-order valence-electron chi connectivity index (χ1n) is 11.0. The minimum absolute atomic E-state index is 0.173. The molecule has 0 saturated carbocycles. The number of ether oxygens (including phenoxy) is 3. The van der Waals surface area contributed by atoms with Gasteiger partial charge in [-0.1, -0.05) is 18.2 Å². The lowest BCUT2D eigenvalue weighted by molar-refractivity contribution is 0.0992. The Morgan fingerprint density at radius 1 is 1.13 bits per heavy atom. The summed E-state index contributed by atoms with van der Waals surface area (Å²) in [4.78, 5) is 17.1. The first-order chi connectivity index (χ1) is 15.2. The number of likely N-dealkylation sites (tertiary alicyclic amines) is 1. The number of nitrogens with zero attached hydrogens (tertiary/aromatic N) is 2. The summed E-state index contributed by atoms with van der Waals surface area (Å²) in [5.41, 5.74) is 2.74. The normalized spacial score (nSPS) is 16.4. The molecule has 0 atom stereocenters. The van der Waals surface area contributed by atoms with Gasteiger partial charge in [0.25, 0.3) is 0 Å². The molecule has 166 valence electrons. The van der Waals surface area contributed by atoms with Crippen LogP contribution in [0.15, 0.2) is 42.5 Å². The van der Waals surface area contributed by atoms with Gasteiger partial charge in [0.1, 0.15) is 18.1 Å². The third kappa shape index (κ3) is 5.68. The summed E-state index contributed by atoms with van der Waals surface area (Å²) >= 11 is 0. The van der Waals surface area contributed by atoms with Crippen molar-refractivity contribution in [3.8, 4) is 11.5 Å². The number of anilines is 1. The van der Waals surface area contributed by atoms with Crippen LogP contribution in [0.2, 0.25) is 0 Å². The Labute approximate surface area is 183 Å². The standard InChI is InChI=1S/C24H31N3O4/c1-29-23-7-3-2-6-21(23)25-24(28)27-13-15-31-22-9-8-19(16-20(22)17-27)18-30-14-12-26-10-4-5-11-26/h2-3,6-9,16H,4-5,10-15,17-18H2,1H3,(H,25,28). The van der Waals surface area contributed by atoms with E-state index in [9.17, 15) is 4.79 Å². The largest absolute Gasteiger partial charge is 0.495 e. The summed E-state index contributed by atoms with van der Waals surface area (Å²) < 4.78 is 17.1. The number of hydrogen-bond donors (Lipinski definition) is 1. The molecule has 1 fully saturated rings. The third-order valence-electron chi connectivity index (χ3n) is 5.76. The zero-order valence-corrected chi connectivity index (χ0v) is 18.1. The van der Waals surface area contributed by atoms with Crippen LogP contribution in [0.1, 0.15) is 24.0 Å². The van der Waals surface area contributed by atoms with E-state index in [1.165, 1.54) is 25.9 Å². The molecule has 2 aliphatic heterocycles. The van der Waals surface area contributed by atoms with Crippen molar-refractivity contribution in [2.45, 2.75) is 26.0 Å². The number of methoxy groups -OCH3 is 1. The number of carbonyl (C=O) groups is 1. The highest BCUT2D eigenvalue weighted by Crippen LogP contribution is 2.27. The number of fused-ring (bicyclic) bond motifs is 1. The number of benzene rings is 2. The maximum absolute atomic E-state index is 12.9. The van der Waals surface area contributed by atoms with E-state index in [4.69, 9.17) is 14.2 Å². The SMILES string of the molecule is COc1ccccc1NC(=O)N1CCOc2ccc(COCCN3CCCC3)cc2C1. The Kier molecular flexibility index (Phi) is 7.27. The molecule has 0 unspecified atom stereocenters. The highest BCUT2D eigenvalue weighted by atomic mass is 16.5. The van der Waals surface area contributed by atoms with Crippen molar-refractivity contribution < 1.29 is 19.0 Å². The van der Waals surface area contributed by atoms with E-state index in [-0.39, 0.29) is 6.03 Å². The van der Waals surface area contributed by atoms with Crippen molar-refractivity contribution in [3.63, 3.8) is 0 Å². The van der Waals surface area contributed by atoms with Gasteiger partial charge >= 0.3 is 6.03 Å². The molecule has 2 aliphatic rings. The molecular formula is C24H31N3O4. The Hall–Kier alpha value is -2.77. The zero-order chi connectivity index (χ0) is 21.5. The molecule has 2 amide bonds. The molecule has 0 radical (unpaired) electrons. The van der Waals surface area contributed by atoms with Gasteiger partial charge in [0.15, 0.2) is 0 Å². The summed E-state index contributed by atoms with van der Waals surface area (Å²) in [5, 5.41) is 2.95. The quantitative estimate of drug-likeness (QED) is 0.685. The summed E-state index contributed by atoms with van der Waals surface area (Å²) in [6.07, 6.45) is 2.60. The van der Waals surface area contributed by atoms with E-state index in [1.54, 1.807) is 12.0 Å². The Morgan fingerprint density at radius 2 is 1.97 bits per heavy atom. The Morgan fingerprint density at radius 3 is 2.81 bits per heavy atom. The van der Waals surface area contributed by atoms with Crippen LogP contribution in [0, 0.1) is 0 Å². The van der Waals surface area contributed by atoms with E-state index < -0.39 is 0 Å². The van der Waals surface area contributed by atoms with Crippen LogP contribution in [0.3, 0.4) is 0 Å². The lowest BCUT2D eigenvalue weighted by atomic mass is 10.1. The predicted molar refractivity (Wildman–Crippen MR) is 120 cm³/mol. The second kappa shape index (κ2) is 10.5. The molecule has 0 aromatic heterocycles. The molecule has 7 nitrogen and oxygen atoms in total. The molecule has 2 heterocycles. The average molecular weight is 426 g/mol. The zero-order valence-electron chi connectivity index (χ0n) is 18.1. The van der Waals surface area contributed by atoms with Gasteiger partial charge in [0.05, 0.1) is 39.1 Å². The minimum atomic E-state index is -0.173. The molecule has 1 saturated heterocycles. The third-order valence-corrected chi connectivity index (χ3v) is 5.76. The second-order valence-corrected chi connectivity index (χ2v) is 7.94. The number of carbonyl (C=O) groups excluding carboxylic acids is 1. The fraction of sp³-hybridized carbons (Fsp3) is 0.458. The van der Waals surface area contributed by atoms with Crippen LogP contribution in [-0.4, -0.2) is 62.3 Å². The van der Waals surface area contributed by atoms with Gasteiger partial charge in [-0.15, -0.1) is 0 Å². The van der Waals surface area contributed by atoms with E-state index in [0.29, 0.717) is 37.7 Å². The van der Waals surface area contributed by atoms with E-state index in [1.807, 2.05) is 36.4 Å². The lowest BCUT2D eigenvalue weighted by Gasteiger charge is -2.21.